The molecule has 0 saturated heterocycles. The van der Waals surface area contributed by atoms with Crippen molar-refractivity contribution in [3.8, 4) is 0 Å². The summed E-state index contributed by atoms with van der Waals surface area (Å²) in [6, 6.07) is 8.41. The van der Waals surface area contributed by atoms with Gasteiger partial charge >= 0.3 is 0 Å². The molecule has 0 aliphatic heterocycles. The lowest BCUT2D eigenvalue weighted by molar-refractivity contribution is 0.402. The van der Waals surface area contributed by atoms with Gasteiger partial charge in [0.25, 0.3) is 0 Å². The van der Waals surface area contributed by atoms with E-state index in [-0.39, 0.29) is 0 Å². The van der Waals surface area contributed by atoms with Crippen molar-refractivity contribution < 1.29 is 4.42 Å². The van der Waals surface area contributed by atoms with Crippen molar-refractivity contribution in [3.05, 3.63) is 48.2 Å². The number of rotatable bonds is 5. The van der Waals surface area contributed by atoms with Crippen LogP contribution in [0.15, 0.2) is 41.3 Å². The number of nitrogens with one attached hydrogen (secondary N) is 1. The third-order valence-corrected chi connectivity index (χ3v) is 2.40. The maximum absolute atomic E-state index is 5.15. The normalized spacial score (nSPS) is 10.8. The summed E-state index contributed by atoms with van der Waals surface area (Å²) in [5.74, 6) is 0.836. The van der Waals surface area contributed by atoms with Gasteiger partial charge in [0, 0.05) is 12.2 Å². The van der Waals surface area contributed by atoms with Gasteiger partial charge in [-0.3, -0.25) is 0 Å². The molecule has 0 saturated carbocycles. The maximum atomic E-state index is 5.15. The number of nitrogens with zero attached hydrogens (tertiary/aromatic N) is 2. The highest BCUT2D eigenvalue weighted by Gasteiger charge is 1.98. The molecule has 1 aromatic carbocycles. The van der Waals surface area contributed by atoms with E-state index < -0.39 is 0 Å². The van der Waals surface area contributed by atoms with Gasteiger partial charge in [-0.05, 0) is 31.8 Å². The Hall–Kier alpha value is -1.81. The predicted octanol–water partition coefficient (Wildman–Crippen LogP) is 2.35. The molecule has 4 heteroatoms. The minimum absolute atomic E-state index is 0.660. The van der Waals surface area contributed by atoms with Gasteiger partial charge < -0.3 is 14.6 Å². The molecule has 0 amide bonds. The zero-order valence-electron chi connectivity index (χ0n) is 10.2. The van der Waals surface area contributed by atoms with Crippen LogP contribution in [-0.4, -0.2) is 24.0 Å². The Kier molecular flexibility index (Phi) is 3.77. The highest BCUT2D eigenvalue weighted by molar-refractivity contribution is 5.44. The van der Waals surface area contributed by atoms with E-state index in [1.165, 1.54) is 12.0 Å². The van der Waals surface area contributed by atoms with Crippen LogP contribution in [0.3, 0.4) is 0 Å². The number of benzene rings is 1. The lowest BCUT2D eigenvalue weighted by atomic mass is 10.2. The largest absolute Gasteiger partial charge is 0.447 e. The molecule has 0 aliphatic rings. The summed E-state index contributed by atoms with van der Waals surface area (Å²) in [6.07, 6.45) is 3.16. The molecule has 1 N–H and O–H groups in total. The average molecular weight is 231 g/mol. The highest BCUT2D eigenvalue weighted by Crippen LogP contribution is 2.11. The Morgan fingerprint density at radius 2 is 2.00 bits per heavy atom. The number of anilines is 1. The molecular formula is C13H17N3O. The van der Waals surface area contributed by atoms with Crippen LogP contribution in [0, 0.1) is 0 Å². The number of hydrogen-bond acceptors (Lipinski definition) is 4. The maximum Gasteiger partial charge on any atom is 0.180 e. The third-order valence-electron chi connectivity index (χ3n) is 2.40. The highest BCUT2D eigenvalue weighted by atomic mass is 16.3. The first-order valence-corrected chi connectivity index (χ1v) is 5.59. The Morgan fingerprint density at radius 1 is 1.24 bits per heavy atom. The molecule has 4 nitrogen and oxygen atoms in total. The zero-order valence-corrected chi connectivity index (χ0v) is 10.2. The molecule has 90 valence electrons. The summed E-state index contributed by atoms with van der Waals surface area (Å²) in [4.78, 5) is 6.02. The summed E-state index contributed by atoms with van der Waals surface area (Å²) >= 11 is 0. The van der Waals surface area contributed by atoms with E-state index in [0.717, 1.165) is 18.0 Å². The fraction of sp³-hybridized carbons (Fsp3) is 0.308. The molecule has 0 atom stereocenters. The van der Waals surface area contributed by atoms with Crippen molar-refractivity contribution in [3.63, 3.8) is 0 Å². The van der Waals surface area contributed by atoms with E-state index >= 15 is 0 Å². The van der Waals surface area contributed by atoms with Crippen molar-refractivity contribution in [2.75, 3.05) is 19.4 Å². The Balaban J connectivity index is 1.89. The smallest absolute Gasteiger partial charge is 0.180 e. The van der Waals surface area contributed by atoms with Crippen molar-refractivity contribution in [1.29, 1.82) is 0 Å². The Morgan fingerprint density at radius 3 is 2.59 bits per heavy atom. The van der Waals surface area contributed by atoms with Crippen LogP contribution in [0.1, 0.15) is 11.3 Å². The SMILES string of the molecule is CN(C)Cc1ccc(NCc2cnco2)cc1. The molecule has 0 aliphatic carbocycles. The van der Waals surface area contributed by atoms with E-state index in [1.807, 2.05) is 0 Å². The molecule has 0 fully saturated rings. The minimum atomic E-state index is 0.660. The van der Waals surface area contributed by atoms with Gasteiger partial charge in [0.15, 0.2) is 6.39 Å². The van der Waals surface area contributed by atoms with Crippen LogP contribution in [0.5, 0.6) is 0 Å². The van der Waals surface area contributed by atoms with Crippen LogP contribution in [-0.2, 0) is 13.1 Å². The van der Waals surface area contributed by atoms with Gasteiger partial charge in [-0.1, -0.05) is 12.1 Å². The first-order valence-electron chi connectivity index (χ1n) is 5.59. The molecule has 2 aromatic rings. The van der Waals surface area contributed by atoms with E-state index in [4.69, 9.17) is 4.42 Å². The summed E-state index contributed by atoms with van der Waals surface area (Å²) in [7, 11) is 4.13. The molecule has 0 bridgehead atoms. The second-order valence-electron chi connectivity index (χ2n) is 4.26. The lowest BCUT2D eigenvalue weighted by Gasteiger charge is -2.10. The van der Waals surface area contributed by atoms with Gasteiger partial charge in [0.1, 0.15) is 5.76 Å². The van der Waals surface area contributed by atoms with Gasteiger partial charge in [0.05, 0.1) is 12.7 Å². The van der Waals surface area contributed by atoms with Crippen LogP contribution < -0.4 is 5.32 Å². The summed E-state index contributed by atoms with van der Waals surface area (Å²) in [5.41, 5.74) is 2.39. The summed E-state index contributed by atoms with van der Waals surface area (Å²) < 4.78 is 5.15. The van der Waals surface area contributed by atoms with Gasteiger partial charge in [-0.15, -0.1) is 0 Å². The Bertz CT molecular complexity index is 434. The first-order chi connectivity index (χ1) is 8.24. The molecule has 2 rings (SSSR count). The van der Waals surface area contributed by atoms with E-state index in [0.29, 0.717) is 6.54 Å². The number of oxazole rings is 1. The molecule has 0 unspecified atom stereocenters. The summed E-state index contributed by atoms with van der Waals surface area (Å²) in [6.45, 7) is 1.62. The third kappa shape index (κ3) is 3.60. The summed E-state index contributed by atoms with van der Waals surface area (Å²) in [5, 5.41) is 3.28. The molecular weight excluding hydrogens is 214 g/mol. The van der Waals surface area contributed by atoms with Crippen LogP contribution in [0.4, 0.5) is 5.69 Å². The van der Waals surface area contributed by atoms with Crippen molar-refractivity contribution in [2.45, 2.75) is 13.1 Å². The lowest BCUT2D eigenvalue weighted by Crippen LogP contribution is -2.10. The average Bonchev–Trinajstić information content (AvgIpc) is 2.80. The Labute approximate surface area is 101 Å². The van der Waals surface area contributed by atoms with Gasteiger partial charge in [-0.25, -0.2) is 4.98 Å². The second kappa shape index (κ2) is 5.50. The molecule has 1 aromatic heterocycles. The fourth-order valence-corrected chi connectivity index (χ4v) is 1.61. The molecule has 17 heavy (non-hydrogen) atoms. The van der Waals surface area contributed by atoms with Crippen molar-refractivity contribution in [1.82, 2.24) is 9.88 Å². The van der Waals surface area contributed by atoms with E-state index in [9.17, 15) is 0 Å². The van der Waals surface area contributed by atoms with E-state index in [1.54, 1.807) is 6.20 Å². The molecule has 0 spiro atoms. The molecule has 1 heterocycles. The number of aromatic nitrogens is 1. The van der Waals surface area contributed by atoms with Crippen LogP contribution in [0.2, 0.25) is 0 Å². The second-order valence-corrected chi connectivity index (χ2v) is 4.26. The molecule has 0 radical (unpaired) electrons. The quantitative estimate of drug-likeness (QED) is 0.857. The van der Waals surface area contributed by atoms with Crippen molar-refractivity contribution in [2.24, 2.45) is 0 Å². The number of hydrogen-bond donors (Lipinski definition) is 1. The zero-order chi connectivity index (χ0) is 12.1. The predicted molar refractivity (Wildman–Crippen MR) is 67.7 cm³/mol. The van der Waals surface area contributed by atoms with Gasteiger partial charge in [0.2, 0.25) is 0 Å². The standard InChI is InChI=1S/C13H17N3O/c1-16(2)9-11-3-5-12(6-4-11)15-8-13-7-14-10-17-13/h3-7,10,15H,8-9H2,1-2H3. The van der Waals surface area contributed by atoms with Crippen LogP contribution in [0.25, 0.3) is 0 Å². The topological polar surface area (TPSA) is 41.3 Å². The van der Waals surface area contributed by atoms with Gasteiger partial charge in [-0.2, -0.15) is 0 Å². The first kappa shape index (κ1) is 11.7. The van der Waals surface area contributed by atoms with Crippen molar-refractivity contribution >= 4 is 5.69 Å². The monoisotopic (exact) mass is 231 g/mol. The fourth-order valence-electron chi connectivity index (χ4n) is 1.61. The van der Waals surface area contributed by atoms with E-state index in [2.05, 4.69) is 53.6 Å². The minimum Gasteiger partial charge on any atom is -0.447 e. The van der Waals surface area contributed by atoms with Crippen LogP contribution >= 0.6 is 0 Å².